The van der Waals surface area contributed by atoms with Crippen molar-refractivity contribution in [2.75, 3.05) is 0 Å². The molecule has 0 unspecified atom stereocenters. The molecule has 0 atom stereocenters. The molecule has 2 aromatic carbocycles. The van der Waals surface area contributed by atoms with Crippen LogP contribution in [0.1, 0.15) is 11.1 Å². The highest BCUT2D eigenvalue weighted by molar-refractivity contribution is 5.86. The van der Waals surface area contributed by atoms with Gasteiger partial charge in [-0.25, -0.2) is 0 Å². The van der Waals surface area contributed by atoms with Crippen molar-refractivity contribution in [3.05, 3.63) is 47.5 Å². The molecular weight excluding hydrogens is 160 g/mol. The minimum Gasteiger partial charge on any atom is -0.392 e. The molecule has 66 valence electrons. The van der Waals surface area contributed by atoms with Crippen molar-refractivity contribution in [1.29, 1.82) is 0 Å². The van der Waals surface area contributed by atoms with Gasteiger partial charge in [0.15, 0.2) is 0 Å². The summed E-state index contributed by atoms with van der Waals surface area (Å²) in [5.41, 5.74) is 2.21. The van der Waals surface area contributed by atoms with Gasteiger partial charge < -0.3 is 5.11 Å². The van der Waals surface area contributed by atoms with Gasteiger partial charge in [-0.3, -0.25) is 0 Å². The quantitative estimate of drug-likeness (QED) is 0.701. The third kappa shape index (κ3) is 1.43. The molecule has 0 bridgehead atoms. The predicted octanol–water partition coefficient (Wildman–Crippen LogP) is 2.64. The molecular formula is C12H12O. The Kier molecular flexibility index (Phi) is 2.03. The van der Waals surface area contributed by atoms with Crippen molar-refractivity contribution in [2.45, 2.75) is 13.5 Å². The molecule has 0 aromatic heterocycles. The van der Waals surface area contributed by atoms with Crippen molar-refractivity contribution >= 4 is 10.8 Å². The van der Waals surface area contributed by atoms with Crippen LogP contribution in [0.5, 0.6) is 0 Å². The van der Waals surface area contributed by atoms with Gasteiger partial charge >= 0.3 is 0 Å². The van der Waals surface area contributed by atoms with E-state index in [-0.39, 0.29) is 6.61 Å². The van der Waals surface area contributed by atoms with E-state index in [4.69, 9.17) is 5.11 Å². The first kappa shape index (κ1) is 8.27. The summed E-state index contributed by atoms with van der Waals surface area (Å²) in [6.07, 6.45) is 0. The Labute approximate surface area is 77.6 Å². The van der Waals surface area contributed by atoms with Crippen LogP contribution in [0.15, 0.2) is 36.4 Å². The van der Waals surface area contributed by atoms with E-state index in [0.717, 1.165) is 10.9 Å². The number of aryl methyl sites for hydroxylation is 1. The number of hydrogen-bond donors (Lipinski definition) is 1. The Balaban J connectivity index is 2.81. The highest BCUT2D eigenvalue weighted by atomic mass is 16.3. The van der Waals surface area contributed by atoms with Crippen molar-refractivity contribution in [2.24, 2.45) is 0 Å². The molecule has 1 N–H and O–H groups in total. The lowest BCUT2D eigenvalue weighted by Crippen LogP contribution is -1.87. The van der Waals surface area contributed by atoms with Crippen LogP contribution in [0.3, 0.4) is 0 Å². The predicted molar refractivity (Wildman–Crippen MR) is 54.6 cm³/mol. The van der Waals surface area contributed by atoms with Crippen LogP contribution in [0.2, 0.25) is 0 Å². The van der Waals surface area contributed by atoms with E-state index in [1.54, 1.807) is 0 Å². The Morgan fingerprint density at radius 2 is 1.92 bits per heavy atom. The lowest BCUT2D eigenvalue weighted by molar-refractivity contribution is 0.283. The zero-order valence-electron chi connectivity index (χ0n) is 7.62. The lowest BCUT2D eigenvalue weighted by Gasteiger charge is -2.04. The number of aliphatic hydroxyl groups excluding tert-OH is 1. The van der Waals surface area contributed by atoms with E-state index in [9.17, 15) is 0 Å². The highest BCUT2D eigenvalue weighted by Gasteiger charge is 1.99. The molecule has 0 radical (unpaired) electrons. The van der Waals surface area contributed by atoms with Gasteiger partial charge in [0, 0.05) is 0 Å². The van der Waals surface area contributed by atoms with Gasteiger partial charge in [0.1, 0.15) is 0 Å². The van der Waals surface area contributed by atoms with Crippen LogP contribution in [-0.2, 0) is 6.61 Å². The summed E-state index contributed by atoms with van der Waals surface area (Å²) >= 11 is 0. The van der Waals surface area contributed by atoms with Gasteiger partial charge in [-0.05, 0) is 23.3 Å². The van der Waals surface area contributed by atoms with E-state index in [1.807, 2.05) is 31.2 Å². The average Bonchev–Trinajstić information content (AvgIpc) is 2.16. The molecule has 0 amide bonds. The zero-order chi connectivity index (χ0) is 9.26. The highest BCUT2D eigenvalue weighted by Crippen LogP contribution is 2.20. The standard InChI is InChI=1S/C12H12O/c1-9-6-10-4-2-3-5-12(10)11(7-9)8-13/h2-7,13H,8H2,1H3. The first-order chi connectivity index (χ1) is 6.31. The summed E-state index contributed by atoms with van der Waals surface area (Å²) in [4.78, 5) is 0. The minimum absolute atomic E-state index is 0.113. The van der Waals surface area contributed by atoms with E-state index in [2.05, 4.69) is 12.1 Å². The Hall–Kier alpha value is -1.34. The van der Waals surface area contributed by atoms with Gasteiger partial charge in [0.2, 0.25) is 0 Å². The summed E-state index contributed by atoms with van der Waals surface area (Å²) in [7, 11) is 0. The minimum atomic E-state index is 0.113. The van der Waals surface area contributed by atoms with Crippen LogP contribution in [0.4, 0.5) is 0 Å². The second kappa shape index (κ2) is 3.19. The number of rotatable bonds is 1. The SMILES string of the molecule is Cc1cc(CO)c2ccccc2c1. The largest absolute Gasteiger partial charge is 0.392 e. The second-order valence-electron chi connectivity index (χ2n) is 3.30. The number of hydrogen-bond acceptors (Lipinski definition) is 1. The topological polar surface area (TPSA) is 20.2 Å². The normalized spacial score (nSPS) is 10.6. The Morgan fingerprint density at radius 1 is 1.15 bits per heavy atom. The van der Waals surface area contributed by atoms with E-state index in [1.165, 1.54) is 10.9 Å². The van der Waals surface area contributed by atoms with E-state index in [0.29, 0.717) is 0 Å². The fourth-order valence-corrected chi connectivity index (χ4v) is 1.69. The summed E-state index contributed by atoms with van der Waals surface area (Å²) in [5.74, 6) is 0. The van der Waals surface area contributed by atoms with Crippen LogP contribution < -0.4 is 0 Å². The summed E-state index contributed by atoms with van der Waals surface area (Å²) < 4.78 is 0. The lowest BCUT2D eigenvalue weighted by atomic mass is 10.0. The molecule has 0 saturated carbocycles. The molecule has 2 rings (SSSR count). The maximum Gasteiger partial charge on any atom is 0.0687 e. The maximum absolute atomic E-state index is 9.16. The molecule has 1 nitrogen and oxygen atoms in total. The molecule has 0 aliphatic heterocycles. The fraction of sp³-hybridized carbons (Fsp3) is 0.167. The van der Waals surface area contributed by atoms with E-state index < -0.39 is 0 Å². The second-order valence-corrected chi connectivity index (χ2v) is 3.30. The van der Waals surface area contributed by atoms with Crippen LogP contribution in [0.25, 0.3) is 10.8 Å². The van der Waals surface area contributed by atoms with Crippen molar-refractivity contribution in [3.8, 4) is 0 Å². The van der Waals surface area contributed by atoms with Crippen molar-refractivity contribution in [3.63, 3.8) is 0 Å². The molecule has 2 aromatic rings. The maximum atomic E-state index is 9.16. The fourth-order valence-electron chi connectivity index (χ4n) is 1.69. The van der Waals surface area contributed by atoms with Crippen LogP contribution in [-0.4, -0.2) is 5.11 Å². The van der Waals surface area contributed by atoms with Gasteiger partial charge in [-0.1, -0.05) is 42.0 Å². The smallest absolute Gasteiger partial charge is 0.0687 e. The van der Waals surface area contributed by atoms with Crippen molar-refractivity contribution in [1.82, 2.24) is 0 Å². The third-order valence-electron chi connectivity index (χ3n) is 2.26. The third-order valence-corrected chi connectivity index (χ3v) is 2.26. The van der Waals surface area contributed by atoms with Gasteiger partial charge in [0.25, 0.3) is 0 Å². The molecule has 0 fully saturated rings. The summed E-state index contributed by atoms with van der Waals surface area (Å²) in [6.45, 7) is 2.16. The molecule has 0 spiro atoms. The van der Waals surface area contributed by atoms with Crippen molar-refractivity contribution < 1.29 is 5.11 Å². The first-order valence-corrected chi connectivity index (χ1v) is 4.40. The molecule has 0 aliphatic carbocycles. The monoisotopic (exact) mass is 172 g/mol. The molecule has 1 heteroatoms. The number of fused-ring (bicyclic) bond motifs is 1. The number of aliphatic hydroxyl groups is 1. The molecule has 13 heavy (non-hydrogen) atoms. The summed E-state index contributed by atoms with van der Waals surface area (Å²) in [5, 5.41) is 11.5. The first-order valence-electron chi connectivity index (χ1n) is 4.40. The molecule has 0 aliphatic rings. The summed E-state index contributed by atoms with van der Waals surface area (Å²) in [6, 6.07) is 12.3. The van der Waals surface area contributed by atoms with Crippen LogP contribution >= 0.6 is 0 Å². The Morgan fingerprint density at radius 3 is 2.69 bits per heavy atom. The number of benzene rings is 2. The zero-order valence-corrected chi connectivity index (χ0v) is 7.62. The van der Waals surface area contributed by atoms with Gasteiger partial charge in [-0.15, -0.1) is 0 Å². The molecule has 0 heterocycles. The van der Waals surface area contributed by atoms with E-state index >= 15 is 0 Å². The molecule has 0 saturated heterocycles. The van der Waals surface area contributed by atoms with Gasteiger partial charge in [0.05, 0.1) is 6.61 Å². The van der Waals surface area contributed by atoms with Gasteiger partial charge in [-0.2, -0.15) is 0 Å². The van der Waals surface area contributed by atoms with Crippen LogP contribution in [0, 0.1) is 6.92 Å². The Bertz CT molecular complexity index is 432. The average molecular weight is 172 g/mol.